The monoisotopic (exact) mass is 337 g/mol. The Bertz CT molecular complexity index is 710. The van der Waals surface area contributed by atoms with Crippen molar-refractivity contribution in [2.45, 2.75) is 7.43 Å². The summed E-state index contributed by atoms with van der Waals surface area (Å²) in [6, 6.07) is 28.0. The van der Waals surface area contributed by atoms with Crippen molar-refractivity contribution < 1.29 is 8.85 Å². The number of anilines is 1. The first-order valence-corrected chi connectivity index (χ1v) is 9.09. The molecule has 1 N–H and O–H groups in total. The van der Waals surface area contributed by atoms with Gasteiger partial charge in [0.1, 0.15) is 11.5 Å². The molecular weight excluding hydrogens is 314 g/mol. The number of rotatable bonds is 2. The third-order valence-corrected chi connectivity index (χ3v) is 5.32. The van der Waals surface area contributed by atoms with Crippen LogP contribution >= 0.6 is 0 Å². The predicted molar refractivity (Wildman–Crippen MR) is 104 cm³/mol. The quantitative estimate of drug-likeness (QED) is 0.718. The van der Waals surface area contributed by atoms with Crippen LogP contribution in [-0.2, 0) is 0 Å². The summed E-state index contributed by atoms with van der Waals surface area (Å²) in [5.41, 5.74) is 1.16. The van der Waals surface area contributed by atoms with Crippen molar-refractivity contribution in [3.63, 3.8) is 0 Å². The van der Waals surface area contributed by atoms with Crippen molar-refractivity contribution in [1.82, 2.24) is 0 Å². The van der Waals surface area contributed by atoms with E-state index in [1.165, 1.54) is 5.19 Å². The first-order chi connectivity index (χ1) is 11.4. The summed E-state index contributed by atoms with van der Waals surface area (Å²) in [5, 5.41) is 4.20. The molecule has 1 aliphatic rings. The zero-order valence-electron chi connectivity index (χ0n) is 13.0. The number of benzene rings is 3. The third kappa shape index (κ3) is 4.40. The summed E-state index contributed by atoms with van der Waals surface area (Å²) >= 11 is 0. The molecule has 0 amide bonds. The van der Waals surface area contributed by atoms with Crippen molar-refractivity contribution in [3.05, 3.63) is 84.9 Å². The second kappa shape index (κ2) is 8.79. The summed E-state index contributed by atoms with van der Waals surface area (Å²) < 4.78 is 11.6. The standard InChI is InChI=1S/C12H10O2Si.C7H9N.CH4/c1-2-6-10(7-3-1)15-13-11-8-4-5-9-12(11)14-15;1-8-7-5-3-2-4-6-7;/h1-9,15H;2-6,8H,1H3;1H4. The van der Waals surface area contributed by atoms with Crippen molar-refractivity contribution in [3.8, 4) is 11.5 Å². The predicted octanol–water partition coefficient (Wildman–Crippen LogP) is 3.95. The number of para-hydroxylation sites is 3. The highest BCUT2D eigenvalue weighted by atomic mass is 28.3. The van der Waals surface area contributed by atoms with E-state index in [0.29, 0.717) is 0 Å². The molecule has 3 aromatic rings. The maximum absolute atomic E-state index is 5.81. The first kappa shape index (κ1) is 17.6. The van der Waals surface area contributed by atoms with E-state index >= 15 is 0 Å². The Hall–Kier alpha value is -2.72. The van der Waals surface area contributed by atoms with Crippen molar-refractivity contribution in [1.29, 1.82) is 0 Å². The largest absolute Gasteiger partial charge is 0.508 e. The minimum Gasteiger partial charge on any atom is -0.508 e. The molecule has 3 nitrogen and oxygen atoms in total. The molecule has 0 spiro atoms. The maximum atomic E-state index is 5.81. The normalized spacial score (nSPS) is 11.7. The topological polar surface area (TPSA) is 30.5 Å². The van der Waals surface area contributed by atoms with E-state index < -0.39 is 9.28 Å². The fourth-order valence-corrected chi connectivity index (χ4v) is 3.96. The fourth-order valence-electron chi connectivity index (χ4n) is 2.25. The van der Waals surface area contributed by atoms with Crippen LogP contribution < -0.4 is 19.4 Å². The Labute approximate surface area is 145 Å². The summed E-state index contributed by atoms with van der Waals surface area (Å²) in [4.78, 5) is 0. The molecule has 0 bridgehead atoms. The van der Waals surface area contributed by atoms with Crippen LogP contribution in [0.1, 0.15) is 7.43 Å². The molecule has 24 heavy (non-hydrogen) atoms. The number of hydrogen-bond acceptors (Lipinski definition) is 3. The molecule has 0 saturated carbocycles. The number of fused-ring (bicyclic) bond motifs is 1. The van der Waals surface area contributed by atoms with Crippen molar-refractivity contribution in [2.75, 3.05) is 12.4 Å². The van der Waals surface area contributed by atoms with Gasteiger partial charge in [-0.15, -0.1) is 0 Å². The van der Waals surface area contributed by atoms with Crippen LogP contribution in [0, 0.1) is 0 Å². The van der Waals surface area contributed by atoms with Gasteiger partial charge in [0, 0.05) is 17.9 Å². The zero-order valence-corrected chi connectivity index (χ0v) is 14.1. The van der Waals surface area contributed by atoms with E-state index in [0.717, 1.165) is 17.2 Å². The van der Waals surface area contributed by atoms with E-state index in [1.54, 1.807) is 0 Å². The Morgan fingerprint density at radius 3 is 1.58 bits per heavy atom. The Morgan fingerprint density at radius 1 is 0.667 bits per heavy atom. The lowest BCUT2D eigenvalue weighted by molar-refractivity contribution is 0.519. The lowest BCUT2D eigenvalue weighted by Crippen LogP contribution is -2.38. The van der Waals surface area contributed by atoms with Gasteiger partial charge in [-0.05, 0) is 24.3 Å². The second-order valence-electron chi connectivity index (χ2n) is 5.04. The minimum absolute atomic E-state index is 0. The van der Waals surface area contributed by atoms with Crippen molar-refractivity contribution >= 4 is 20.2 Å². The molecule has 4 rings (SSSR count). The maximum Gasteiger partial charge on any atom is 0.479 e. The van der Waals surface area contributed by atoms with Crippen LogP contribution in [-0.4, -0.2) is 16.3 Å². The van der Waals surface area contributed by atoms with Crippen LogP contribution in [0.4, 0.5) is 5.69 Å². The van der Waals surface area contributed by atoms with Gasteiger partial charge in [-0.1, -0.05) is 68.1 Å². The lowest BCUT2D eigenvalue weighted by atomic mass is 10.3. The van der Waals surface area contributed by atoms with E-state index in [2.05, 4.69) is 17.4 Å². The second-order valence-corrected chi connectivity index (χ2v) is 6.84. The van der Waals surface area contributed by atoms with Gasteiger partial charge >= 0.3 is 9.28 Å². The van der Waals surface area contributed by atoms with Crippen LogP contribution in [0.15, 0.2) is 84.9 Å². The average molecular weight is 337 g/mol. The number of hydrogen-bond donors (Lipinski definition) is 1. The van der Waals surface area contributed by atoms with Gasteiger partial charge in [-0.25, -0.2) is 0 Å². The highest BCUT2D eigenvalue weighted by molar-refractivity contribution is 6.63. The summed E-state index contributed by atoms with van der Waals surface area (Å²) in [6.45, 7) is 0. The van der Waals surface area contributed by atoms with Crippen LogP contribution in [0.2, 0.25) is 0 Å². The highest BCUT2D eigenvalue weighted by Gasteiger charge is 2.28. The molecule has 124 valence electrons. The van der Waals surface area contributed by atoms with Crippen molar-refractivity contribution in [2.24, 2.45) is 0 Å². The first-order valence-electron chi connectivity index (χ1n) is 7.57. The molecule has 1 heterocycles. The SMILES string of the molecule is C.CNc1ccccc1.c1ccc([SiH]2Oc3ccccc3O2)cc1. The van der Waals surface area contributed by atoms with Gasteiger partial charge in [-0.2, -0.15) is 0 Å². The minimum atomic E-state index is -1.73. The summed E-state index contributed by atoms with van der Waals surface area (Å²) in [6.07, 6.45) is 0. The molecule has 0 radical (unpaired) electrons. The number of nitrogens with one attached hydrogen (secondary N) is 1. The van der Waals surface area contributed by atoms with E-state index in [4.69, 9.17) is 8.85 Å². The molecule has 4 heteroatoms. The van der Waals surface area contributed by atoms with Gasteiger partial charge in [-0.3, -0.25) is 0 Å². The lowest BCUT2D eigenvalue weighted by Gasteiger charge is -2.06. The van der Waals surface area contributed by atoms with E-state index in [9.17, 15) is 0 Å². The fraction of sp³-hybridized carbons (Fsp3) is 0.100. The molecule has 0 fully saturated rings. The molecular formula is C20H23NO2Si. The van der Waals surface area contributed by atoms with Gasteiger partial charge < -0.3 is 14.2 Å². The average Bonchev–Trinajstić information content (AvgIpc) is 3.08. The molecule has 0 unspecified atom stereocenters. The molecule has 0 saturated heterocycles. The van der Waals surface area contributed by atoms with Gasteiger partial charge in [0.15, 0.2) is 0 Å². The van der Waals surface area contributed by atoms with E-state index in [1.807, 2.05) is 79.8 Å². The van der Waals surface area contributed by atoms with Gasteiger partial charge in [0.25, 0.3) is 0 Å². The van der Waals surface area contributed by atoms with Crippen LogP contribution in [0.5, 0.6) is 11.5 Å². The smallest absolute Gasteiger partial charge is 0.479 e. The molecule has 0 aliphatic carbocycles. The third-order valence-electron chi connectivity index (χ3n) is 3.45. The highest BCUT2D eigenvalue weighted by Crippen LogP contribution is 2.32. The molecule has 3 aromatic carbocycles. The van der Waals surface area contributed by atoms with Crippen LogP contribution in [0.25, 0.3) is 0 Å². The molecule has 0 aromatic heterocycles. The molecule has 0 atom stereocenters. The Balaban J connectivity index is 0.000000199. The summed E-state index contributed by atoms with van der Waals surface area (Å²) in [5.74, 6) is 1.75. The zero-order chi connectivity index (χ0) is 15.9. The van der Waals surface area contributed by atoms with Crippen LogP contribution in [0.3, 0.4) is 0 Å². The Kier molecular flexibility index (Phi) is 6.46. The molecule has 1 aliphatic heterocycles. The van der Waals surface area contributed by atoms with Gasteiger partial charge in [0.2, 0.25) is 0 Å². The Morgan fingerprint density at radius 2 is 1.12 bits per heavy atom. The summed E-state index contributed by atoms with van der Waals surface area (Å²) in [7, 11) is 0.185. The van der Waals surface area contributed by atoms with E-state index in [-0.39, 0.29) is 7.43 Å². The van der Waals surface area contributed by atoms with Gasteiger partial charge in [0.05, 0.1) is 0 Å².